The Balaban J connectivity index is 1.35. The molecule has 23 heavy (non-hydrogen) atoms. The predicted molar refractivity (Wildman–Crippen MR) is 85.4 cm³/mol. The van der Waals surface area contributed by atoms with Gasteiger partial charge in [-0.25, -0.2) is 0 Å². The van der Waals surface area contributed by atoms with E-state index in [4.69, 9.17) is 9.84 Å². The van der Waals surface area contributed by atoms with Crippen LogP contribution < -0.4 is 5.32 Å². The molecule has 2 aliphatic heterocycles. The first-order valence-electron chi connectivity index (χ1n) is 8.69. The van der Waals surface area contributed by atoms with Crippen LogP contribution in [-0.2, 0) is 4.74 Å². The van der Waals surface area contributed by atoms with Crippen molar-refractivity contribution in [1.82, 2.24) is 14.8 Å². The number of fused-ring (bicyclic) bond motifs is 1. The van der Waals surface area contributed by atoms with Crippen LogP contribution in [0.4, 0.5) is 0 Å². The lowest BCUT2D eigenvalue weighted by Gasteiger charge is -2.34. The van der Waals surface area contributed by atoms with Crippen molar-refractivity contribution in [3.63, 3.8) is 0 Å². The summed E-state index contributed by atoms with van der Waals surface area (Å²) in [4.78, 5) is 15.0. The normalized spacial score (nSPS) is 31.1. The number of hydrogen-bond acceptors (Lipinski definition) is 4. The second-order valence-electron chi connectivity index (χ2n) is 7.01. The lowest BCUT2D eigenvalue weighted by molar-refractivity contribution is -0.0566. The number of nitrogens with one attached hydrogen (secondary N) is 1. The molecule has 0 spiro atoms. The van der Waals surface area contributed by atoms with Crippen molar-refractivity contribution in [3.05, 3.63) is 24.0 Å². The second-order valence-corrected chi connectivity index (χ2v) is 7.01. The predicted octanol–water partition coefficient (Wildman–Crippen LogP) is 0.777. The first-order valence-corrected chi connectivity index (χ1v) is 8.69. The minimum Gasteiger partial charge on any atom is -0.396 e. The van der Waals surface area contributed by atoms with Gasteiger partial charge in [0.05, 0.1) is 12.7 Å². The van der Waals surface area contributed by atoms with Gasteiger partial charge in [0.25, 0.3) is 5.91 Å². The molecule has 3 fully saturated rings. The standard InChI is InChI=1S/C17H25N3O3/c21-7-5-15-10-19-9-12(8-14(19)11-23-15)18-17(22)16-2-1-6-20(16)13-3-4-13/h1-2,6,12-15,21H,3-5,7-11H2,(H,18,22)/t12-,14+,15+/m1/s1. The van der Waals surface area contributed by atoms with Gasteiger partial charge in [0.2, 0.25) is 0 Å². The molecule has 3 atom stereocenters. The fourth-order valence-electron chi connectivity index (χ4n) is 3.88. The van der Waals surface area contributed by atoms with Gasteiger partial charge < -0.3 is 19.7 Å². The number of amides is 1. The van der Waals surface area contributed by atoms with Crippen molar-refractivity contribution in [2.75, 3.05) is 26.3 Å². The topological polar surface area (TPSA) is 66.7 Å². The van der Waals surface area contributed by atoms with Crippen LogP contribution in [0, 0.1) is 0 Å². The Kier molecular flexibility index (Phi) is 4.13. The number of hydrogen-bond donors (Lipinski definition) is 2. The van der Waals surface area contributed by atoms with Gasteiger partial charge in [-0.15, -0.1) is 0 Å². The third-order valence-electron chi connectivity index (χ3n) is 5.23. The highest BCUT2D eigenvalue weighted by molar-refractivity contribution is 5.93. The van der Waals surface area contributed by atoms with Gasteiger partial charge in [-0.1, -0.05) is 0 Å². The van der Waals surface area contributed by atoms with E-state index in [1.165, 1.54) is 12.8 Å². The molecule has 126 valence electrons. The van der Waals surface area contributed by atoms with Crippen LogP contribution in [0.5, 0.6) is 0 Å². The van der Waals surface area contributed by atoms with E-state index >= 15 is 0 Å². The molecule has 1 aromatic rings. The van der Waals surface area contributed by atoms with E-state index in [0.717, 1.165) is 25.2 Å². The van der Waals surface area contributed by atoms with E-state index in [1.54, 1.807) is 0 Å². The Hall–Kier alpha value is -1.37. The molecule has 0 unspecified atom stereocenters. The number of aliphatic hydroxyl groups excluding tert-OH is 1. The molecule has 0 radical (unpaired) electrons. The van der Waals surface area contributed by atoms with Crippen LogP contribution in [0.3, 0.4) is 0 Å². The van der Waals surface area contributed by atoms with Crippen LogP contribution in [0.25, 0.3) is 0 Å². The molecule has 1 aliphatic carbocycles. The Labute approximate surface area is 136 Å². The number of carbonyl (C=O) groups excluding carboxylic acids is 1. The number of morpholine rings is 1. The van der Waals surface area contributed by atoms with Crippen molar-refractivity contribution in [2.45, 2.75) is 49.9 Å². The molecular weight excluding hydrogens is 294 g/mol. The van der Waals surface area contributed by atoms with Gasteiger partial charge in [0.15, 0.2) is 0 Å². The SMILES string of the molecule is O=C(N[C@@H]1C[C@H]2CO[C@@H](CCO)CN2C1)c1cccn1C1CC1. The smallest absolute Gasteiger partial charge is 0.268 e. The monoisotopic (exact) mass is 319 g/mol. The summed E-state index contributed by atoms with van der Waals surface area (Å²) in [5.74, 6) is 0.0413. The third kappa shape index (κ3) is 3.16. The highest BCUT2D eigenvalue weighted by atomic mass is 16.5. The summed E-state index contributed by atoms with van der Waals surface area (Å²) in [6.45, 7) is 2.61. The van der Waals surface area contributed by atoms with E-state index in [9.17, 15) is 4.79 Å². The molecule has 3 heterocycles. The maximum absolute atomic E-state index is 12.6. The molecular formula is C17H25N3O3. The highest BCUT2D eigenvalue weighted by Crippen LogP contribution is 2.36. The molecule has 0 bridgehead atoms. The van der Waals surface area contributed by atoms with Crippen LogP contribution >= 0.6 is 0 Å². The lowest BCUT2D eigenvalue weighted by atomic mass is 10.1. The number of rotatable bonds is 5. The van der Waals surface area contributed by atoms with Gasteiger partial charge in [0.1, 0.15) is 5.69 Å². The maximum Gasteiger partial charge on any atom is 0.268 e. The number of ether oxygens (including phenoxy) is 1. The second kappa shape index (κ2) is 6.26. The van der Waals surface area contributed by atoms with Gasteiger partial charge in [-0.05, 0) is 37.8 Å². The zero-order valence-corrected chi connectivity index (χ0v) is 13.4. The summed E-state index contributed by atoms with van der Waals surface area (Å²) in [6, 6.07) is 4.97. The zero-order valence-electron chi connectivity index (χ0n) is 13.4. The molecule has 6 nitrogen and oxygen atoms in total. The molecule has 3 aliphatic rings. The summed E-state index contributed by atoms with van der Waals surface area (Å²) in [5, 5.41) is 12.3. The zero-order chi connectivity index (χ0) is 15.8. The number of nitrogens with zero attached hydrogens (tertiary/aromatic N) is 2. The minimum atomic E-state index is 0.0413. The Bertz CT molecular complexity index is 569. The summed E-state index contributed by atoms with van der Waals surface area (Å²) in [6.07, 6.45) is 6.13. The summed E-state index contributed by atoms with van der Waals surface area (Å²) >= 11 is 0. The Morgan fingerprint density at radius 1 is 1.35 bits per heavy atom. The average Bonchev–Trinajstić information content (AvgIpc) is 3.12. The molecule has 4 rings (SSSR count). The fraction of sp³-hybridized carbons (Fsp3) is 0.706. The van der Waals surface area contributed by atoms with E-state index in [2.05, 4.69) is 14.8 Å². The molecule has 6 heteroatoms. The van der Waals surface area contributed by atoms with Crippen molar-refractivity contribution >= 4 is 5.91 Å². The van der Waals surface area contributed by atoms with Crippen molar-refractivity contribution in [2.24, 2.45) is 0 Å². The first-order chi connectivity index (χ1) is 11.2. The van der Waals surface area contributed by atoms with Crippen LogP contribution in [0.1, 0.15) is 42.2 Å². The fourth-order valence-corrected chi connectivity index (χ4v) is 3.88. The van der Waals surface area contributed by atoms with Crippen molar-refractivity contribution in [3.8, 4) is 0 Å². The molecule has 1 saturated carbocycles. The molecule has 2 saturated heterocycles. The van der Waals surface area contributed by atoms with Crippen LogP contribution in [0.2, 0.25) is 0 Å². The Morgan fingerprint density at radius 3 is 3.00 bits per heavy atom. The summed E-state index contributed by atoms with van der Waals surface area (Å²) in [5.41, 5.74) is 0.784. The summed E-state index contributed by atoms with van der Waals surface area (Å²) < 4.78 is 7.91. The van der Waals surface area contributed by atoms with Crippen LogP contribution in [-0.4, -0.2) is 65.0 Å². The van der Waals surface area contributed by atoms with E-state index in [0.29, 0.717) is 25.1 Å². The third-order valence-corrected chi connectivity index (χ3v) is 5.23. The molecule has 1 aromatic heterocycles. The number of carbonyl (C=O) groups is 1. The van der Waals surface area contributed by atoms with E-state index < -0.39 is 0 Å². The first kappa shape index (κ1) is 15.2. The van der Waals surface area contributed by atoms with Crippen molar-refractivity contribution < 1.29 is 14.6 Å². The quantitative estimate of drug-likeness (QED) is 0.841. The maximum atomic E-state index is 12.6. The van der Waals surface area contributed by atoms with Gasteiger partial charge in [0, 0.05) is 44.0 Å². The molecule has 1 amide bonds. The number of aromatic nitrogens is 1. The Morgan fingerprint density at radius 2 is 2.22 bits per heavy atom. The van der Waals surface area contributed by atoms with Gasteiger partial charge in [-0.3, -0.25) is 9.69 Å². The number of aliphatic hydroxyl groups is 1. The molecule has 0 aromatic carbocycles. The largest absolute Gasteiger partial charge is 0.396 e. The molecule has 2 N–H and O–H groups in total. The van der Waals surface area contributed by atoms with E-state index in [-0.39, 0.29) is 24.7 Å². The van der Waals surface area contributed by atoms with Crippen molar-refractivity contribution in [1.29, 1.82) is 0 Å². The minimum absolute atomic E-state index is 0.0413. The van der Waals surface area contributed by atoms with Gasteiger partial charge in [-0.2, -0.15) is 0 Å². The van der Waals surface area contributed by atoms with Gasteiger partial charge >= 0.3 is 0 Å². The average molecular weight is 319 g/mol. The van der Waals surface area contributed by atoms with Crippen LogP contribution in [0.15, 0.2) is 18.3 Å². The summed E-state index contributed by atoms with van der Waals surface area (Å²) in [7, 11) is 0. The highest BCUT2D eigenvalue weighted by Gasteiger charge is 2.38. The van der Waals surface area contributed by atoms with E-state index in [1.807, 2.05) is 18.3 Å². The lowest BCUT2D eigenvalue weighted by Crippen LogP contribution is -2.46.